The third-order valence-corrected chi connectivity index (χ3v) is 3.19. The summed E-state index contributed by atoms with van der Waals surface area (Å²) in [7, 11) is 0. The maximum atomic E-state index is 13.2. The number of thiazole rings is 1. The lowest BCUT2D eigenvalue weighted by Crippen LogP contribution is -2.05. The van der Waals surface area contributed by atoms with Gasteiger partial charge < -0.3 is 10.1 Å². The minimum Gasteiger partial charge on any atom is -0.461 e. The minimum atomic E-state index is -0.456. The Bertz CT molecular complexity index is 598. The molecule has 100 valence electrons. The summed E-state index contributed by atoms with van der Waals surface area (Å²) >= 11 is 1.27. The Balaban J connectivity index is 2.15. The third kappa shape index (κ3) is 3.29. The monoisotopic (exact) mass is 280 g/mol. The first-order valence-corrected chi connectivity index (χ1v) is 6.64. The molecule has 1 aromatic carbocycles. The number of hydrogen-bond acceptors (Lipinski definition) is 5. The lowest BCUT2D eigenvalue weighted by atomic mass is 10.2. The van der Waals surface area contributed by atoms with Crippen molar-refractivity contribution in [3.05, 3.63) is 40.7 Å². The SMILES string of the molecule is CCOC(=O)c1csc(Nc2cc(F)ccc2C)n1. The predicted molar refractivity (Wildman–Crippen MR) is 72.5 cm³/mol. The number of carbonyl (C=O) groups excluding carboxylic acids is 1. The van der Waals surface area contributed by atoms with Gasteiger partial charge in [-0.3, -0.25) is 0 Å². The van der Waals surface area contributed by atoms with Crippen LogP contribution in [0.15, 0.2) is 23.6 Å². The van der Waals surface area contributed by atoms with Gasteiger partial charge in [-0.15, -0.1) is 11.3 Å². The second-order valence-electron chi connectivity index (χ2n) is 3.84. The molecule has 0 saturated heterocycles. The molecule has 0 bridgehead atoms. The molecule has 0 aliphatic rings. The summed E-state index contributed by atoms with van der Waals surface area (Å²) in [6.07, 6.45) is 0. The van der Waals surface area contributed by atoms with Gasteiger partial charge in [-0.25, -0.2) is 14.2 Å². The van der Waals surface area contributed by atoms with Crippen LogP contribution < -0.4 is 5.32 Å². The fraction of sp³-hybridized carbons (Fsp3) is 0.231. The highest BCUT2D eigenvalue weighted by atomic mass is 32.1. The van der Waals surface area contributed by atoms with Crippen LogP contribution in [0.3, 0.4) is 0 Å². The highest BCUT2D eigenvalue weighted by molar-refractivity contribution is 7.14. The average Bonchev–Trinajstić information content (AvgIpc) is 2.83. The number of esters is 1. The fourth-order valence-electron chi connectivity index (χ4n) is 1.47. The van der Waals surface area contributed by atoms with Gasteiger partial charge in [0.15, 0.2) is 10.8 Å². The first kappa shape index (κ1) is 13.5. The molecule has 0 radical (unpaired) electrons. The van der Waals surface area contributed by atoms with E-state index < -0.39 is 5.97 Å². The molecule has 0 aliphatic carbocycles. The molecule has 0 unspecified atom stereocenters. The number of benzene rings is 1. The van der Waals surface area contributed by atoms with Crippen LogP contribution in [0.25, 0.3) is 0 Å². The van der Waals surface area contributed by atoms with Crippen LogP contribution >= 0.6 is 11.3 Å². The Kier molecular flexibility index (Phi) is 4.11. The quantitative estimate of drug-likeness (QED) is 0.871. The van der Waals surface area contributed by atoms with E-state index in [0.29, 0.717) is 17.4 Å². The van der Waals surface area contributed by atoms with Crippen LogP contribution in [0.5, 0.6) is 0 Å². The van der Waals surface area contributed by atoms with Crippen molar-refractivity contribution in [2.75, 3.05) is 11.9 Å². The summed E-state index contributed by atoms with van der Waals surface area (Å²) < 4.78 is 18.0. The molecule has 1 N–H and O–H groups in total. The van der Waals surface area contributed by atoms with Gasteiger partial charge >= 0.3 is 5.97 Å². The van der Waals surface area contributed by atoms with Crippen LogP contribution in [-0.4, -0.2) is 17.6 Å². The number of ether oxygens (including phenoxy) is 1. The molecule has 2 aromatic rings. The number of rotatable bonds is 4. The number of aromatic nitrogens is 1. The standard InChI is InChI=1S/C13H13FN2O2S/c1-3-18-12(17)11-7-19-13(16-11)15-10-6-9(14)5-4-8(10)2/h4-7H,3H2,1-2H3,(H,15,16). The minimum absolute atomic E-state index is 0.253. The summed E-state index contributed by atoms with van der Waals surface area (Å²) in [6.45, 7) is 3.91. The number of carbonyl (C=O) groups is 1. The normalized spacial score (nSPS) is 10.3. The molecule has 0 aliphatic heterocycles. The van der Waals surface area contributed by atoms with Crippen molar-refractivity contribution in [2.24, 2.45) is 0 Å². The van der Waals surface area contributed by atoms with Crippen LogP contribution in [0, 0.1) is 12.7 Å². The molecule has 19 heavy (non-hydrogen) atoms. The van der Waals surface area contributed by atoms with Gasteiger partial charge in [-0.05, 0) is 31.5 Å². The van der Waals surface area contributed by atoms with Crippen molar-refractivity contribution in [3.63, 3.8) is 0 Å². The summed E-state index contributed by atoms with van der Waals surface area (Å²) in [5, 5.41) is 5.12. The zero-order valence-electron chi connectivity index (χ0n) is 10.6. The maximum Gasteiger partial charge on any atom is 0.357 e. The van der Waals surface area contributed by atoms with Crippen LogP contribution in [0.4, 0.5) is 15.2 Å². The van der Waals surface area contributed by atoms with Gasteiger partial charge in [-0.1, -0.05) is 6.07 Å². The highest BCUT2D eigenvalue weighted by Crippen LogP contribution is 2.24. The van der Waals surface area contributed by atoms with Gasteiger partial charge in [0.2, 0.25) is 0 Å². The molecule has 0 fully saturated rings. The van der Waals surface area contributed by atoms with Gasteiger partial charge in [0, 0.05) is 11.1 Å². The molecule has 6 heteroatoms. The Hall–Kier alpha value is -1.95. The smallest absolute Gasteiger partial charge is 0.357 e. The molecular formula is C13H13FN2O2S. The van der Waals surface area contributed by atoms with E-state index in [-0.39, 0.29) is 11.5 Å². The van der Waals surface area contributed by atoms with E-state index in [4.69, 9.17) is 4.74 Å². The molecular weight excluding hydrogens is 267 g/mol. The summed E-state index contributed by atoms with van der Waals surface area (Å²) in [4.78, 5) is 15.6. The average molecular weight is 280 g/mol. The second-order valence-corrected chi connectivity index (χ2v) is 4.70. The number of aryl methyl sites for hydroxylation is 1. The van der Waals surface area contributed by atoms with E-state index in [0.717, 1.165) is 5.56 Å². The van der Waals surface area contributed by atoms with Crippen molar-refractivity contribution in [1.29, 1.82) is 0 Å². The highest BCUT2D eigenvalue weighted by Gasteiger charge is 2.12. The van der Waals surface area contributed by atoms with Gasteiger partial charge in [-0.2, -0.15) is 0 Å². The Labute approximate surface area is 114 Å². The number of hydrogen-bond donors (Lipinski definition) is 1. The summed E-state index contributed by atoms with van der Waals surface area (Å²) in [5.74, 6) is -0.780. The zero-order chi connectivity index (χ0) is 13.8. The van der Waals surface area contributed by atoms with E-state index in [9.17, 15) is 9.18 Å². The topological polar surface area (TPSA) is 51.2 Å². The van der Waals surface area contributed by atoms with E-state index in [1.54, 1.807) is 18.4 Å². The largest absolute Gasteiger partial charge is 0.461 e. The van der Waals surface area contributed by atoms with Crippen molar-refractivity contribution in [1.82, 2.24) is 4.98 Å². The fourth-order valence-corrected chi connectivity index (χ4v) is 2.17. The number of nitrogens with zero attached hydrogens (tertiary/aromatic N) is 1. The van der Waals surface area contributed by atoms with Gasteiger partial charge in [0.1, 0.15) is 5.82 Å². The van der Waals surface area contributed by atoms with Crippen molar-refractivity contribution in [3.8, 4) is 0 Å². The number of anilines is 2. The van der Waals surface area contributed by atoms with Crippen LogP contribution in [-0.2, 0) is 4.74 Å². The third-order valence-electron chi connectivity index (χ3n) is 2.43. The van der Waals surface area contributed by atoms with E-state index >= 15 is 0 Å². The molecule has 0 spiro atoms. The first-order chi connectivity index (χ1) is 9.10. The molecule has 0 amide bonds. The van der Waals surface area contributed by atoms with Crippen molar-refractivity contribution in [2.45, 2.75) is 13.8 Å². The Morgan fingerprint density at radius 1 is 1.53 bits per heavy atom. The van der Waals surface area contributed by atoms with E-state index in [1.165, 1.54) is 23.5 Å². The molecule has 1 heterocycles. The molecule has 4 nitrogen and oxygen atoms in total. The van der Waals surface area contributed by atoms with Crippen LogP contribution in [0.2, 0.25) is 0 Å². The predicted octanol–water partition coefficient (Wildman–Crippen LogP) is 3.51. The second kappa shape index (κ2) is 5.79. The zero-order valence-corrected chi connectivity index (χ0v) is 11.4. The summed E-state index contributed by atoms with van der Waals surface area (Å²) in [5.41, 5.74) is 1.78. The Morgan fingerprint density at radius 3 is 3.05 bits per heavy atom. The van der Waals surface area contributed by atoms with Crippen molar-refractivity contribution >= 4 is 28.1 Å². The Morgan fingerprint density at radius 2 is 2.32 bits per heavy atom. The van der Waals surface area contributed by atoms with Crippen molar-refractivity contribution < 1.29 is 13.9 Å². The summed E-state index contributed by atoms with van der Waals surface area (Å²) in [6, 6.07) is 4.46. The van der Waals surface area contributed by atoms with E-state index in [1.807, 2.05) is 6.92 Å². The molecule has 1 aromatic heterocycles. The van der Waals surface area contributed by atoms with Gasteiger partial charge in [0.05, 0.1) is 6.61 Å². The lowest BCUT2D eigenvalue weighted by Gasteiger charge is -2.06. The van der Waals surface area contributed by atoms with Gasteiger partial charge in [0.25, 0.3) is 0 Å². The number of nitrogens with one attached hydrogen (secondary N) is 1. The van der Waals surface area contributed by atoms with E-state index in [2.05, 4.69) is 10.3 Å². The first-order valence-electron chi connectivity index (χ1n) is 5.76. The number of halogens is 1. The van der Waals surface area contributed by atoms with Crippen LogP contribution in [0.1, 0.15) is 23.0 Å². The molecule has 2 rings (SSSR count). The molecule has 0 saturated carbocycles. The molecule has 0 atom stereocenters. The lowest BCUT2D eigenvalue weighted by molar-refractivity contribution is 0.0520. The maximum absolute atomic E-state index is 13.2.